The second-order valence-electron chi connectivity index (χ2n) is 12.7. The van der Waals surface area contributed by atoms with Crippen LogP contribution in [0.25, 0.3) is 99.3 Å². The van der Waals surface area contributed by atoms with Crippen LogP contribution in [0, 0.1) is 0 Å². The van der Waals surface area contributed by atoms with E-state index < -0.39 is 0 Å². The second-order valence-corrected chi connectivity index (χ2v) is 12.7. The second kappa shape index (κ2) is 11.4. The predicted molar refractivity (Wildman–Crippen MR) is 207 cm³/mol. The molecule has 0 saturated carbocycles. The zero-order valence-corrected chi connectivity index (χ0v) is 27.0. The number of rotatable bonds is 4. The molecule has 0 saturated heterocycles. The van der Waals surface area contributed by atoms with Crippen LogP contribution in [-0.2, 0) is 0 Å². The van der Waals surface area contributed by atoms with Gasteiger partial charge < -0.3 is 0 Å². The molecule has 7 aromatic carbocycles. The van der Waals surface area contributed by atoms with Gasteiger partial charge in [-0.05, 0) is 62.6 Å². The molecule has 0 spiro atoms. The van der Waals surface area contributed by atoms with Gasteiger partial charge in [-0.15, -0.1) is 0 Å². The Bertz CT molecular complexity index is 2900. The first-order valence-corrected chi connectivity index (χ1v) is 16.8. The van der Waals surface area contributed by atoms with E-state index in [0.717, 1.165) is 67.0 Å². The maximum atomic E-state index is 5.26. The minimum absolute atomic E-state index is 0.724. The van der Waals surface area contributed by atoms with Crippen LogP contribution in [0.15, 0.2) is 170 Å². The summed E-state index contributed by atoms with van der Waals surface area (Å²) in [5.41, 5.74) is 8.84. The zero-order chi connectivity index (χ0) is 33.0. The molecule has 0 atom stereocenters. The van der Waals surface area contributed by atoms with Crippen molar-refractivity contribution in [3.8, 4) is 45.2 Å². The monoisotopic (exact) mass is 636 g/mol. The lowest BCUT2D eigenvalue weighted by molar-refractivity contribution is 1.18. The largest absolute Gasteiger partial charge is 0.245 e. The number of pyridine rings is 2. The Hall–Kier alpha value is -6.78. The van der Waals surface area contributed by atoms with Crippen molar-refractivity contribution in [1.29, 1.82) is 0 Å². The Balaban J connectivity index is 1.12. The molecule has 3 aromatic heterocycles. The Morgan fingerprint density at radius 3 is 1.34 bits per heavy atom. The van der Waals surface area contributed by atoms with E-state index in [2.05, 4.69) is 114 Å². The lowest BCUT2D eigenvalue weighted by Gasteiger charge is -2.14. The van der Waals surface area contributed by atoms with Gasteiger partial charge in [0.05, 0.1) is 28.1 Å². The predicted octanol–water partition coefficient (Wildman–Crippen LogP) is 11.7. The van der Waals surface area contributed by atoms with Gasteiger partial charge in [0.2, 0.25) is 0 Å². The van der Waals surface area contributed by atoms with Crippen molar-refractivity contribution in [3.63, 3.8) is 0 Å². The van der Waals surface area contributed by atoms with Gasteiger partial charge >= 0.3 is 0 Å². The maximum Gasteiger partial charge on any atom is 0.159 e. The van der Waals surface area contributed by atoms with Gasteiger partial charge in [0.25, 0.3) is 0 Å². The Labute approximate surface area is 288 Å². The summed E-state index contributed by atoms with van der Waals surface area (Å²) in [7, 11) is 0. The molecule has 0 aliphatic heterocycles. The summed E-state index contributed by atoms with van der Waals surface area (Å²) in [5, 5.41) is 9.40. The standard InChI is InChI=1S/C46H28N4/c1-3-9-29(10-4-1)41-23-19-30-15-16-31-20-24-42(49-45(31)44(30)48-41)33-17-21-37-38-22-18-34(28-40(38)36-14-8-7-13-35(36)39(37)27-33)43-25-26-47-46(50-43)32-11-5-2-6-12-32/h1-28H. The minimum Gasteiger partial charge on any atom is -0.245 e. The van der Waals surface area contributed by atoms with E-state index in [1.165, 1.54) is 32.3 Å². The Morgan fingerprint density at radius 2 is 0.760 bits per heavy atom. The fourth-order valence-corrected chi connectivity index (χ4v) is 7.22. The van der Waals surface area contributed by atoms with E-state index in [-0.39, 0.29) is 0 Å². The van der Waals surface area contributed by atoms with Crippen molar-refractivity contribution in [3.05, 3.63) is 170 Å². The van der Waals surface area contributed by atoms with E-state index in [9.17, 15) is 0 Å². The highest BCUT2D eigenvalue weighted by Crippen LogP contribution is 2.39. The quantitative estimate of drug-likeness (QED) is 0.180. The molecule has 0 aliphatic carbocycles. The van der Waals surface area contributed by atoms with Crippen LogP contribution in [0.2, 0.25) is 0 Å². The molecule has 232 valence electrons. The fraction of sp³-hybridized carbons (Fsp3) is 0. The van der Waals surface area contributed by atoms with Gasteiger partial charge in [0.1, 0.15) is 0 Å². The van der Waals surface area contributed by atoms with Gasteiger partial charge in [-0.3, -0.25) is 0 Å². The SMILES string of the molecule is c1ccc(-c2ccc3ccc4ccc(-c5ccc6c7ccc(-c8ccnc(-c9ccccc9)n8)cc7c7ccccc7c6c5)nc4c3n2)cc1. The normalized spacial score (nSPS) is 11.6. The van der Waals surface area contributed by atoms with Gasteiger partial charge in [0, 0.05) is 39.2 Å². The van der Waals surface area contributed by atoms with E-state index in [1.807, 2.05) is 60.8 Å². The van der Waals surface area contributed by atoms with Gasteiger partial charge in [-0.2, -0.15) is 0 Å². The van der Waals surface area contributed by atoms with Crippen LogP contribution in [0.5, 0.6) is 0 Å². The van der Waals surface area contributed by atoms with Crippen molar-refractivity contribution < 1.29 is 0 Å². The van der Waals surface area contributed by atoms with Gasteiger partial charge in [-0.25, -0.2) is 19.9 Å². The molecule has 10 aromatic rings. The number of nitrogens with zero attached hydrogens (tertiary/aromatic N) is 4. The maximum absolute atomic E-state index is 5.26. The molecule has 4 heteroatoms. The summed E-state index contributed by atoms with van der Waals surface area (Å²) in [4.78, 5) is 19.9. The summed E-state index contributed by atoms with van der Waals surface area (Å²) in [5.74, 6) is 0.724. The number of hydrogen-bond donors (Lipinski definition) is 0. The van der Waals surface area contributed by atoms with E-state index in [1.54, 1.807) is 0 Å². The van der Waals surface area contributed by atoms with Crippen LogP contribution in [-0.4, -0.2) is 19.9 Å². The van der Waals surface area contributed by atoms with Crippen molar-refractivity contribution in [2.75, 3.05) is 0 Å². The Kier molecular flexibility index (Phi) is 6.46. The molecule has 0 unspecified atom stereocenters. The summed E-state index contributed by atoms with van der Waals surface area (Å²) in [6.07, 6.45) is 1.84. The van der Waals surface area contributed by atoms with Crippen molar-refractivity contribution in [2.45, 2.75) is 0 Å². The lowest BCUT2D eigenvalue weighted by atomic mass is 9.91. The summed E-state index contributed by atoms with van der Waals surface area (Å²) < 4.78 is 0. The highest BCUT2D eigenvalue weighted by atomic mass is 14.9. The van der Waals surface area contributed by atoms with Crippen molar-refractivity contribution in [2.24, 2.45) is 0 Å². The average molecular weight is 637 g/mol. The first-order valence-electron chi connectivity index (χ1n) is 16.8. The van der Waals surface area contributed by atoms with Crippen molar-refractivity contribution >= 4 is 54.1 Å². The van der Waals surface area contributed by atoms with Crippen LogP contribution in [0.4, 0.5) is 0 Å². The van der Waals surface area contributed by atoms with Crippen LogP contribution < -0.4 is 0 Å². The average Bonchev–Trinajstić information content (AvgIpc) is 3.21. The molecule has 0 aliphatic rings. The molecular weight excluding hydrogens is 609 g/mol. The van der Waals surface area contributed by atoms with E-state index in [4.69, 9.17) is 15.0 Å². The third-order valence-corrected chi connectivity index (χ3v) is 9.71. The number of benzene rings is 7. The molecule has 0 amide bonds. The summed E-state index contributed by atoms with van der Waals surface area (Å²) in [6, 6.07) is 57.3. The zero-order valence-electron chi connectivity index (χ0n) is 27.0. The van der Waals surface area contributed by atoms with E-state index >= 15 is 0 Å². The number of fused-ring (bicyclic) bond motifs is 9. The first kappa shape index (κ1) is 28.3. The third kappa shape index (κ3) is 4.69. The minimum atomic E-state index is 0.724. The summed E-state index contributed by atoms with van der Waals surface area (Å²) in [6.45, 7) is 0. The summed E-state index contributed by atoms with van der Waals surface area (Å²) >= 11 is 0. The molecule has 10 rings (SSSR count). The molecular formula is C46H28N4. The Morgan fingerprint density at radius 1 is 0.300 bits per heavy atom. The highest BCUT2D eigenvalue weighted by Gasteiger charge is 2.14. The highest BCUT2D eigenvalue weighted by molar-refractivity contribution is 6.26. The van der Waals surface area contributed by atoms with E-state index in [0.29, 0.717) is 0 Å². The molecule has 0 radical (unpaired) electrons. The molecule has 3 heterocycles. The third-order valence-electron chi connectivity index (χ3n) is 9.71. The molecule has 0 bridgehead atoms. The number of hydrogen-bond acceptors (Lipinski definition) is 4. The number of aromatic nitrogens is 4. The van der Waals surface area contributed by atoms with Crippen LogP contribution >= 0.6 is 0 Å². The molecule has 4 nitrogen and oxygen atoms in total. The molecule has 50 heavy (non-hydrogen) atoms. The topological polar surface area (TPSA) is 51.6 Å². The van der Waals surface area contributed by atoms with Gasteiger partial charge in [-0.1, -0.05) is 133 Å². The van der Waals surface area contributed by atoms with Crippen LogP contribution in [0.1, 0.15) is 0 Å². The van der Waals surface area contributed by atoms with Gasteiger partial charge in [0.15, 0.2) is 5.82 Å². The molecule has 0 N–H and O–H groups in total. The fourth-order valence-electron chi connectivity index (χ4n) is 7.22. The lowest BCUT2D eigenvalue weighted by Crippen LogP contribution is -1.92. The van der Waals surface area contributed by atoms with Crippen LogP contribution in [0.3, 0.4) is 0 Å². The smallest absolute Gasteiger partial charge is 0.159 e. The molecule has 0 fully saturated rings. The van der Waals surface area contributed by atoms with Crippen molar-refractivity contribution in [1.82, 2.24) is 19.9 Å². The first-order chi connectivity index (χ1) is 24.8.